The van der Waals surface area contributed by atoms with Gasteiger partial charge >= 0.3 is 12.3 Å². The van der Waals surface area contributed by atoms with Crippen LogP contribution in [0.15, 0.2) is 47.5 Å². The van der Waals surface area contributed by atoms with Crippen molar-refractivity contribution in [2.45, 2.75) is 51.9 Å². The van der Waals surface area contributed by atoms with Crippen molar-refractivity contribution in [3.05, 3.63) is 69.9 Å². The minimum Gasteiger partial charge on any atom is -0.453 e. The lowest BCUT2D eigenvalue weighted by Gasteiger charge is -2.17. The first kappa shape index (κ1) is 32.9. The van der Waals surface area contributed by atoms with E-state index in [1.807, 2.05) is 13.8 Å². The fourth-order valence-electron chi connectivity index (χ4n) is 4.35. The molecule has 0 fully saturated rings. The van der Waals surface area contributed by atoms with Gasteiger partial charge in [0.1, 0.15) is 11.7 Å². The first-order chi connectivity index (χ1) is 20.2. The lowest BCUT2D eigenvalue weighted by molar-refractivity contribution is -0.138. The Morgan fingerprint density at radius 3 is 2.58 bits per heavy atom. The molecule has 3 rings (SSSR count). The van der Waals surface area contributed by atoms with Gasteiger partial charge in [-0.2, -0.15) is 13.2 Å². The van der Waals surface area contributed by atoms with Gasteiger partial charge in [0, 0.05) is 32.2 Å². The SMILES string of the molecule is COC(=O)NC(CC/C=C/C(=O)N(C)C)C(=O)Nc1cccn(Cc2cc3ncc(C(F)(F)F)c(CC(C)C)c3[nH]2)c1=O. The molecule has 14 heteroatoms. The first-order valence-corrected chi connectivity index (χ1v) is 13.5. The van der Waals surface area contributed by atoms with E-state index in [2.05, 4.69) is 25.3 Å². The van der Waals surface area contributed by atoms with Crippen molar-refractivity contribution in [2.24, 2.45) is 5.92 Å². The molecule has 43 heavy (non-hydrogen) atoms. The summed E-state index contributed by atoms with van der Waals surface area (Å²) in [6, 6.07) is 3.43. The monoisotopic (exact) mass is 604 g/mol. The van der Waals surface area contributed by atoms with Crippen molar-refractivity contribution in [3.63, 3.8) is 0 Å². The average molecular weight is 605 g/mol. The Hall–Kier alpha value is -4.62. The third kappa shape index (κ3) is 8.69. The number of ether oxygens (including phenoxy) is 1. The summed E-state index contributed by atoms with van der Waals surface area (Å²) in [5, 5.41) is 4.94. The van der Waals surface area contributed by atoms with Crippen LogP contribution >= 0.6 is 0 Å². The Labute approximate surface area is 246 Å². The van der Waals surface area contributed by atoms with Crippen LogP contribution in [0, 0.1) is 5.92 Å². The number of rotatable bonds is 11. The maximum atomic E-state index is 13.7. The number of carbonyl (C=O) groups is 3. The maximum absolute atomic E-state index is 13.7. The Kier molecular flexibility index (Phi) is 10.7. The van der Waals surface area contributed by atoms with E-state index in [4.69, 9.17) is 0 Å². The molecule has 0 aliphatic carbocycles. The molecule has 0 spiro atoms. The number of H-pyrrole nitrogens is 1. The minimum atomic E-state index is -4.57. The van der Waals surface area contributed by atoms with E-state index in [1.54, 1.807) is 26.2 Å². The molecule has 3 amide bonds. The number of amides is 3. The van der Waals surface area contributed by atoms with Crippen molar-refractivity contribution < 1.29 is 32.3 Å². The molecule has 1 atom stereocenters. The third-order valence-corrected chi connectivity index (χ3v) is 6.47. The molecule has 3 aromatic heterocycles. The van der Waals surface area contributed by atoms with Gasteiger partial charge in [-0.05, 0) is 55.0 Å². The number of carbonyl (C=O) groups excluding carboxylic acids is 3. The van der Waals surface area contributed by atoms with Crippen molar-refractivity contribution >= 4 is 34.6 Å². The standard InChI is InChI=1S/C29H35F3N6O5/c1-17(2)13-19-20(29(30,31)32)15-33-23-14-18(34-25(19)23)16-38-12-8-10-22(27(38)41)35-26(40)21(36-28(42)43-5)9-6-7-11-24(39)37(3)4/h7-8,10-12,14-15,17,21,34H,6,9,13,16H2,1-5H3,(H,35,40)(H,36,42)/b11-7+. The topological polar surface area (TPSA) is 138 Å². The van der Waals surface area contributed by atoms with Gasteiger partial charge < -0.3 is 29.8 Å². The predicted octanol–water partition coefficient (Wildman–Crippen LogP) is 4.08. The number of alkyl carbamates (subject to hydrolysis) is 1. The van der Waals surface area contributed by atoms with Crippen LogP contribution in [0.4, 0.5) is 23.7 Å². The number of pyridine rings is 2. The Bertz CT molecular complexity index is 1560. The van der Waals surface area contributed by atoms with Crippen molar-refractivity contribution in [1.29, 1.82) is 0 Å². The van der Waals surface area contributed by atoms with Crippen LogP contribution in [-0.4, -0.2) is 64.6 Å². The number of alkyl halides is 3. The van der Waals surface area contributed by atoms with Gasteiger partial charge in [0.15, 0.2) is 0 Å². The van der Waals surface area contributed by atoms with Gasteiger partial charge in [-0.15, -0.1) is 0 Å². The van der Waals surface area contributed by atoms with Crippen molar-refractivity contribution in [2.75, 3.05) is 26.5 Å². The lowest BCUT2D eigenvalue weighted by atomic mass is 9.98. The number of likely N-dealkylation sites (N-methyl/N-ethyl adjacent to an activating group) is 1. The molecule has 0 radical (unpaired) electrons. The fraction of sp³-hybridized carbons (Fsp3) is 0.414. The van der Waals surface area contributed by atoms with Crippen molar-refractivity contribution in [3.8, 4) is 0 Å². The number of fused-ring (bicyclic) bond motifs is 1. The number of hydrogen-bond acceptors (Lipinski definition) is 6. The average Bonchev–Trinajstić information content (AvgIpc) is 3.34. The summed E-state index contributed by atoms with van der Waals surface area (Å²) in [5.74, 6) is -0.967. The summed E-state index contributed by atoms with van der Waals surface area (Å²) in [5.41, 5.74) is -0.299. The van der Waals surface area contributed by atoms with E-state index in [1.165, 1.54) is 33.9 Å². The highest BCUT2D eigenvalue weighted by Crippen LogP contribution is 2.35. The second-order valence-corrected chi connectivity index (χ2v) is 10.5. The Morgan fingerprint density at radius 1 is 1.23 bits per heavy atom. The van der Waals surface area contributed by atoms with E-state index in [0.717, 1.165) is 13.3 Å². The molecule has 0 aliphatic heterocycles. The highest BCUT2D eigenvalue weighted by Gasteiger charge is 2.35. The summed E-state index contributed by atoms with van der Waals surface area (Å²) in [6.07, 6.45) is 0.354. The molecule has 0 aromatic carbocycles. The molecule has 0 bridgehead atoms. The quantitative estimate of drug-likeness (QED) is 0.282. The highest BCUT2D eigenvalue weighted by atomic mass is 19.4. The molecular formula is C29H35F3N6O5. The van der Waals surface area contributed by atoms with Crippen LogP contribution in [0.2, 0.25) is 0 Å². The van der Waals surface area contributed by atoms with Crippen LogP contribution in [-0.2, 0) is 33.5 Å². The second kappa shape index (κ2) is 14.0. The van der Waals surface area contributed by atoms with Crippen molar-refractivity contribution in [1.82, 2.24) is 24.8 Å². The summed E-state index contributed by atoms with van der Waals surface area (Å²) < 4.78 is 47.0. The molecular weight excluding hydrogens is 569 g/mol. The van der Waals surface area contributed by atoms with Gasteiger partial charge in [-0.25, -0.2) is 4.79 Å². The van der Waals surface area contributed by atoms with E-state index >= 15 is 0 Å². The lowest BCUT2D eigenvalue weighted by Crippen LogP contribution is -2.44. The molecule has 0 aliphatic rings. The van der Waals surface area contributed by atoms with Gasteiger partial charge in [-0.3, -0.25) is 19.4 Å². The zero-order valence-corrected chi connectivity index (χ0v) is 24.5. The molecule has 3 aromatic rings. The van der Waals surface area contributed by atoms with Gasteiger partial charge in [-0.1, -0.05) is 19.9 Å². The fourth-order valence-corrected chi connectivity index (χ4v) is 4.35. The zero-order valence-electron chi connectivity index (χ0n) is 24.5. The molecule has 3 heterocycles. The van der Waals surface area contributed by atoms with Gasteiger partial charge in [0.05, 0.1) is 30.3 Å². The summed E-state index contributed by atoms with van der Waals surface area (Å²) in [4.78, 5) is 58.2. The number of aromatic amines is 1. The maximum Gasteiger partial charge on any atom is 0.418 e. The predicted molar refractivity (Wildman–Crippen MR) is 154 cm³/mol. The molecule has 0 saturated carbocycles. The number of hydrogen-bond donors (Lipinski definition) is 3. The molecule has 0 saturated heterocycles. The Morgan fingerprint density at radius 2 is 1.95 bits per heavy atom. The van der Waals surface area contributed by atoms with Gasteiger partial charge in [0.2, 0.25) is 11.8 Å². The smallest absolute Gasteiger partial charge is 0.418 e. The summed E-state index contributed by atoms with van der Waals surface area (Å²) in [7, 11) is 4.33. The van der Waals surface area contributed by atoms with Crippen LogP contribution in [0.1, 0.15) is 43.5 Å². The number of nitrogens with one attached hydrogen (secondary N) is 3. The molecule has 11 nitrogen and oxygen atoms in total. The molecule has 232 valence electrons. The zero-order chi connectivity index (χ0) is 31.9. The van der Waals surface area contributed by atoms with Crippen LogP contribution in [0.5, 0.6) is 0 Å². The van der Waals surface area contributed by atoms with E-state index < -0.39 is 35.3 Å². The normalized spacial score (nSPS) is 12.5. The highest BCUT2D eigenvalue weighted by molar-refractivity contribution is 5.96. The number of anilines is 1. The van der Waals surface area contributed by atoms with Gasteiger partial charge in [0.25, 0.3) is 5.56 Å². The molecule has 1 unspecified atom stereocenters. The number of nitrogens with zero attached hydrogens (tertiary/aromatic N) is 3. The Balaban J connectivity index is 1.83. The third-order valence-electron chi connectivity index (χ3n) is 6.47. The van der Waals surface area contributed by atoms with E-state index in [9.17, 15) is 32.3 Å². The second-order valence-electron chi connectivity index (χ2n) is 10.5. The van der Waals surface area contributed by atoms with Crippen LogP contribution in [0.3, 0.4) is 0 Å². The largest absolute Gasteiger partial charge is 0.453 e. The van der Waals surface area contributed by atoms with Crippen LogP contribution < -0.4 is 16.2 Å². The van der Waals surface area contributed by atoms with Crippen LogP contribution in [0.25, 0.3) is 11.0 Å². The summed E-state index contributed by atoms with van der Waals surface area (Å²) >= 11 is 0. The minimum absolute atomic E-state index is 0.0318. The number of aromatic nitrogens is 3. The number of halogens is 3. The van der Waals surface area contributed by atoms with E-state index in [-0.39, 0.29) is 54.4 Å². The summed E-state index contributed by atoms with van der Waals surface area (Å²) in [6.45, 7) is 3.61. The van der Waals surface area contributed by atoms with E-state index in [0.29, 0.717) is 11.2 Å². The first-order valence-electron chi connectivity index (χ1n) is 13.5. The number of methoxy groups -OCH3 is 1. The number of allylic oxidation sites excluding steroid dienone is 1. The molecule has 3 N–H and O–H groups in total.